The van der Waals surface area contributed by atoms with Crippen molar-refractivity contribution in [3.05, 3.63) is 0 Å². The Morgan fingerprint density at radius 2 is 2.20 bits per heavy atom. The van der Waals surface area contributed by atoms with E-state index in [2.05, 4.69) is 17.6 Å². The number of hydrogen-bond acceptors (Lipinski definition) is 2. The van der Waals surface area contributed by atoms with Crippen molar-refractivity contribution in [2.75, 3.05) is 13.1 Å². The van der Waals surface area contributed by atoms with Crippen molar-refractivity contribution in [3.63, 3.8) is 0 Å². The fraction of sp³-hybridized carbons (Fsp3) is 0.917. The van der Waals surface area contributed by atoms with E-state index in [1.54, 1.807) is 0 Å². The molecule has 1 aliphatic heterocycles. The number of carbonyl (C=O) groups excluding carboxylic acids is 1. The molecule has 1 heterocycles. The van der Waals surface area contributed by atoms with Crippen LogP contribution >= 0.6 is 0 Å². The van der Waals surface area contributed by atoms with Gasteiger partial charge in [-0.3, -0.25) is 4.79 Å². The molecule has 2 rings (SSSR count). The SMILES string of the molecule is CC1(NC(=O)CC2CCCC2)CCNC1. The maximum Gasteiger partial charge on any atom is 0.220 e. The van der Waals surface area contributed by atoms with Gasteiger partial charge in [-0.25, -0.2) is 0 Å². The summed E-state index contributed by atoms with van der Waals surface area (Å²) < 4.78 is 0. The van der Waals surface area contributed by atoms with Crippen molar-refractivity contribution in [2.45, 2.75) is 51.0 Å². The lowest BCUT2D eigenvalue weighted by Crippen LogP contribution is -2.47. The van der Waals surface area contributed by atoms with Crippen LogP contribution in [0.3, 0.4) is 0 Å². The van der Waals surface area contributed by atoms with Crippen LogP contribution in [0.25, 0.3) is 0 Å². The Morgan fingerprint density at radius 1 is 1.47 bits per heavy atom. The van der Waals surface area contributed by atoms with E-state index in [0.717, 1.165) is 25.9 Å². The van der Waals surface area contributed by atoms with Crippen molar-refractivity contribution in [3.8, 4) is 0 Å². The Labute approximate surface area is 92.0 Å². The summed E-state index contributed by atoms with van der Waals surface area (Å²) in [6.45, 7) is 4.09. The first kappa shape index (κ1) is 10.9. The normalized spacial score (nSPS) is 32.1. The molecule has 86 valence electrons. The minimum absolute atomic E-state index is 0.00961. The van der Waals surface area contributed by atoms with E-state index >= 15 is 0 Å². The minimum Gasteiger partial charge on any atom is -0.350 e. The van der Waals surface area contributed by atoms with Crippen LogP contribution in [0.4, 0.5) is 0 Å². The summed E-state index contributed by atoms with van der Waals surface area (Å²) in [6.07, 6.45) is 6.94. The van der Waals surface area contributed by atoms with Gasteiger partial charge in [0.25, 0.3) is 0 Å². The molecule has 15 heavy (non-hydrogen) atoms. The Hall–Kier alpha value is -0.570. The molecule has 1 atom stereocenters. The van der Waals surface area contributed by atoms with Gasteiger partial charge in [0.15, 0.2) is 0 Å². The standard InChI is InChI=1S/C12H22N2O/c1-12(6-7-13-9-12)14-11(15)8-10-4-2-3-5-10/h10,13H,2-9H2,1H3,(H,14,15). The summed E-state index contributed by atoms with van der Waals surface area (Å²) >= 11 is 0. The van der Waals surface area contributed by atoms with Crippen molar-refractivity contribution in [2.24, 2.45) is 5.92 Å². The number of carbonyl (C=O) groups is 1. The Kier molecular flexibility index (Phi) is 3.29. The van der Waals surface area contributed by atoms with E-state index in [0.29, 0.717) is 5.92 Å². The summed E-state index contributed by atoms with van der Waals surface area (Å²) in [5, 5.41) is 6.48. The summed E-state index contributed by atoms with van der Waals surface area (Å²) in [6, 6.07) is 0. The van der Waals surface area contributed by atoms with Gasteiger partial charge in [-0.15, -0.1) is 0 Å². The molecule has 0 spiro atoms. The van der Waals surface area contributed by atoms with Crippen LogP contribution in [0.2, 0.25) is 0 Å². The third-order valence-corrected chi connectivity index (χ3v) is 3.76. The zero-order chi connectivity index (χ0) is 10.7. The minimum atomic E-state index is 0.00961. The first-order valence-corrected chi connectivity index (χ1v) is 6.20. The summed E-state index contributed by atoms with van der Waals surface area (Å²) in [5.41, 5.74) is 0.00961. The van der Waals surface area contributed by atoms with Gasteiger partial charge >= 0.3 is 0 Å². The fourth-order valence-electron chi connectivity index (χ4n) is 2.79. The number of amides is 1. The van der Waals surface area contributed by atoms with Crippen LogP contribution < -0.4 is 10.6 Å². The van der Waals surface area contributed by atoms with Crippen LogP contribution in [0, 0.1) is 5.92 Å². The van der Waals surface area contributed by atoms with Gasteiger partial charge in [0.1, 0.15) is 0 Å². The molecule has 3 nitrogen and oxygen atoms in total. The average molecular weight is 210 g/mol. The molecule has 1 aliphatic carbocycles. The highest BCUT2D eigenvalue weighted by atomic mass is 16.1. The second-order valence-electron chi connectivity index (χ2n) is 5.39. The van der Waals surface area contributed by atoms with Crippen LogP contribution in [-0.4, -0.2) is 24.5 Å². The molecule has 0 bridgehead atoms. The molecular formula is C12H22N2O. The lowest BCUT2D eigenvalue weighted by molar-refractivity contribution is -0.123. The molecule has 0 aromatic heterocycles. The lowest BCUT2D eigenvalue weighted by Gasteiger charge is -2.25. The highest BCUT2D eigenvalue weighted by molar-refractivity contribution is 5.77. The summed E-state index contributed by atoms with van der Waals surface area (Å²) in [4.78, 5) is 11.8. The molecular weight excluding hydrogens is 188 g/mol. The topological polar surface area (TPSA) is 41.1 Å². The number of hydrogen-bond donors (Lipinski definition) is 2. The van der Waals surface area contributed by atoms with Gasteiger partial charge < -0.3 is 10.6 Å². The maximum atomic E-state index is 11.8. The third kappa shape index (κ3) is 2.94. The smallest absolute Gasteiger partial charge is 0.220 e. The van der Waals surface area contributed by atoms with Gasteiger partial charge in [0.2, 0.25) is 5.91 Å². The van der Waals surface area contributed by atoms with Crippen LogP contribution in [0.5, 0.6) is 0 Å². The van der Waals surface area contributed by atoms with Gasteiger partial charge in [0, 0.05) is 13.0 Å². The van der Waals surface area contributed by atoms with E-state index in [9.17, 15) is 4.79 Å². The van der Waals surface area contributed by atoms with Gasteiger partial charge in [-0.2, -0.15) is 0 Å². The molecule has 2 fully saturated rings. The quantitative estimate of drug-likeness (QED) is 0.740. The van der Waals surface area contributed by atoms with E-state index in [4.69, 9.17) is 0 Å². The predicted octanol–water partition coefficient (Wildman–Crippen LogP) is 1.43. The van der Waals surface area contributed by atoms with E-state index < -0.39 is 0 Å². The van der Waals surface area contributed by atoms with Crippen molar-refractivity contribution in [1.29, 1.82) is 0 Å². The average Bonchev–Trinajstić information content (AvgIpc) is 2.76. The van der Waals surface area contributed by atoms with Crippen molar-refractivity contribution in [1.82, 2.24) is 10.6 Å². The Bertz CT molecular complexity index is 228. The Balaban J connectivity index is 1.76. The predicted molar refractivity (Wildman–Crippen MR) is 60.6 cm³/mol. The molecule has 3 heteroatoms. The largest absolute Gasteiger partial charge is 0.350 e. The fourth-order valence-corrected chi connectivity index (χ4v) is 2.79. The first-order valence-electron chi connectivity index (χ1n) is 6.20. The maximum absolute atomic E-state index is 11.8. The molecule has 0 aromatic carbocycles. The van der Waals surface area contributed by atoms with E-state index in [1.807, 2.05) is 0 Å². The molecule has 1 amide bonds. The molecule has 1 unspecified atom stereocenters. The second-order valence-corrected chi connectivity index (χ2v) is 5.39. The zero-order valence-corrected chi connectivity index (χ0v) is 9.64. The molecule has 2 N–H and O–H groups in total. The molecule has 0 aromatic rings. The van der Waals surface area contributed by atoms with Gasteiger partial charge in [0.05, 0.1) is 5.54 Å². The van der Waals surface area contributed by atoms with Crippen LogP contribution in [0.15, 0.2) is 0 Å². The number of rotatable bonds is 3. The van der Waals surface area contributed by atoms with Crippen molar-refractivity contribution >= 4 is 5.91 Å². The highest BCUT2D eigenvalue weighted by Gasteiger charge is 2.30. The van der Waals surface area contributed by atoms with Gasteiger partial charge in [-0.05, 0) is 38.6 Å². The van der Waals surface area contributed by atoms with Crippen LogP contribution in [-0.2, 0) is 4.79 Å². The summed E-state index contributed by atoms with van der Waals surface area (Å²) in [5.74, 6) is 0.913. The monoisotopic (exact) mass is 210 g/mol. The lowest BCUT2D eigenvalue weighted by atomic mass is 9.99. The van der Waals surface area contributed by atoms with E-state index in [1.165, 1.54) is 25.7 Å². The molecule has 1 saturated heterocycles. The first-order chi connectivity index (χ1) is 7.18. The molecule has 0 radical (unpaired) electrons. The third-order valence-electron chi connectivity index (χ3n) is 3.76. The zero-order valence-electron chi connectivity index (χ0n) is 9.64. The number of nitrogens with one attached hydrogen (secondary N) is 2. The molecule has 1 saturated carbocycles. The van der Waals surface area contributed by atoms with E-state index in [-0.39, 0.29) is 11.4 Å². The summed E-state index contributed by atoms with van der Waals surface area (Å²) in [7, 11) is 0. The van der Waals surface area contributed by atoms with Crippen molar-refractivity contribution < 1.29 is 4.79 Å². The van der Waals surface area contributed by atoms with Crippen LogP contribution in [0.1, 0.15) is 45.4 Å². The highest BCUT2D eigenvalue weighted by Crippen LogP contribution is 2.27. The Morgan fingerprint density at radius 3 is 2.80 bits per heavy atom. The molecule has 2 aliphatic rings. The second kappa shape index (κ2) is 4.52. The van der Waals surface area contributed by atoms with Gasteiger partial charge in [-0.1, -0.05) is 12.8 Å².